The van der Waals surface area contributed by atoms with E-state index in [1.165, 1.54) is 13.2 Å². The molecular weight excluding hydrogens is 221 g/mol. The largest absolute Gasteiger partial charge is 0.496 e. The van der Waals surface area contributed by atoms with Crippen molar-refractivity contribution in [3.8, 4) is 5.75 Å². The molecule has 2 atom stereocenters. The number of aliphatic hydroxyl groups is 1. The first-order chi connectivity index (χ1) is 8.10. The van der Waals surface area contributed by atoms with Gasteiger partial charge in [-0.3, -0.25) is 0 Å². The monoisotopic (exact) mass is 241 g/mol. The quantitative estimate of drug-likeness (QED) is 0.802. The van der Waals surface area contributed by atoms with Crippen molar-refractivity contribution in [3.63, 3.8) is 0 Å². The SMILES string of the molecule is CC[C@H](O)CN[C@@H](C)c1c(F)cccc1OC. The third-order valence-corrected chi connectivity index (χ3v) is 2.80. The fraction of sp³-hybridized carbons (Fsp3) is 0.538. The van der Waals surface area contributed by atoms with Crippen LogP contribution in [0, 0.1) is 5.82 Å². The van der Waals surface area contributed by atoms with E-state index >= 15 is 0 Å². The summed E-state index contributed by atoms with van der Waals surface area (Å²) in [6, 6.07) is 4.55. The summed E-state index contributed by atoms with van der Waals surface area (Å²) >= 11 is 0. The van der Waals surface area contributed by atoms with Gasteiger partial charge in [0.25, 0.3) is 0 Å². The Balaban J connectivity index is 2.77. The molecule has 2 N–H and O–H groups in total. The molecular formula is C13H20FNO2. The lowest BCUT2D eigenvalue weighted by Crippen LogP contribution is -2.29. The van der Waals surface area contributed by atoms with E-state index in [4.69, 9.17) is 4.74 Å². The Kier molecular flexibility index (Phi) is 5.38. The molecule has 0 saturated heterocycles. The van der Waals surface area contributed by atoms with Crippen molar-refractivity contribution in [2.75, 3.05) is 13.7 Å². The molecule has 0 spiro atoms. The van der Waals surface area contributed by atoms with Gasteiger partial charge in [-0.25, -0.2) is 4.39 Å². The molecule has 1 aromatic rings. The standard InChI is InChI=1S/C13H20FNO2/c1-4-10(16)8-15-9(2)13-11(14)6-5-7-12(13)17-3/h5-7,9-10,15-16H,4,8H2,1-3H3/t9-,10-/m0/s1. The van der Waals surface area contributed by atoms with Gasteiger partial charge in [-0.1, -0.05) is 13.0 Å². The van der Waals surface area contributed by atoms with Crippen molar-refractivity contribution in [2.45, 2.75) is 32.4 Å². The van der Waals surface area contributed by atoms with Gasteiger partial charge in [-0.05, 0) is 25.5 Å². The van der Waals surface area contributed by atoms with Crippen molar-refractivity contribution >= 4 is 0 Å². The topological polar surface area (TPSA) is 41.5 Å². The lowest BCUT2D eigenvalue weighted by atomic mass is 10.1. The minimum atomic E-state index is -0.407. The van der Waals surface area contributed by atoms with Crippen LogP contribution in [-0.4, -0.2) is 24.9 Å². The Labute approximate surface area is 102 Å². The third-order valence-electron chi connectivity index (χ3n) is 2.80. The highest BCUT2D eigenvalue weighted by molar-refractivity contribution is 5.36. The lowest BCUT2D eigenvalue weighted by Gasteiger charge is -2.19. The van der Waals surface area contributed by atoms with Crippen LogP contribution in [0.15, 0.2) is 18.2 Å². The molecule has 0 aliphatic heterocycles. The number of ether oxygens (including phenoxy) is 1. The third kappa shape index (κ3) is 3.68. The van der Waals surface area contributed by atoms with E-state index in [1.807, 2.05) is 13.8 Å². The molecule has 0 amide bonds. The first-order valence-electron chi connectivity index (χ1n) is 5.84. The van der Waals surface area contributed by atoms with Gasteiger partial charge < -0.3 is 15.2 Å². The molecule has 0 aromatic heterocycles. The molecule has 17 heavy (non-hydrogen) atoms. The van der Waals surface area contributed by atoms with E-state index in [0.717, 1.165) is 0 Å². The average molecular weight is 241 g/mol. The van der Waals surface area contributed by atoms with Crippen molar-refractivity contribution in [1.82, 2.24) is 5.32 Å². The minimum absolute atomic E-state index is 0.202. The summed E-state index contributed by atoms with van der Waals surface area (Å²) in [7, 11) is 1.52. The maximum Gasteiger partial charge on any atom is 0.131 e. The first kappa shape index (κ1) is 13.9. The van der Waals surface area contributed by atoms with E-state index in [1.54, 1.807) is 12.1 Å². The molecule has 0 unspecified atom stereocenters. The van der Waals surface area contributed by atoms with Crippen LogP contribution < -0.4 is 10.1 Å². The van der Waals surface area contributed by atoms with Gasteiger partial charge in [0.2, 0.25) is 0 Å². The molecule has 0 bridgehead atoms. The predicted molar refractivity (Wildman–Crippen MR) is 65.7 cm³/mol. The zero-order chi connectivity index (χ0) is 12.8. The van der Waals surface area contributed by atoms with Gasteiger partial charge in [-0.15, -0.1) is 0 Å². The second-order valence-electron chi connectivity index (χ2n) is 4.05. The lowest BCUT2D eigenvalue weighted by molar-refractivity contribution is 0.163. The Hall–Kier alpha value is -1.13. The molecule has 1 aromatic carbocycles. The maximum absolute atomic E-state index is 13.7. The van der Waals surface area contributed by atoms with Gasteiger partial charge in [0, 0.05) is 18.2 Å². The normalized spacial score (nSPS) is 14.4. The van der Waals surface area contributed by atoms with Crippen LogP contribution in [0.2, 0.25) is 0 Å². The first-order valence-corrected chi connectivity index (χ1v) is 5.84. The number of nitrogens with one attached hydrogen (secondary N) is 1. The Morgan fingerprint density at radius 2 is 2.18 bits per heavy atom. The highest BCUT2D eigenvalue weighted by Gasteiger charge is 2.16. The summed E-state index contributed by atoms with van der Waals surface area (Å²) in [5, 5.41) is 12.6. The van der Waals surface area contributed by atoms with Crippen molar-refractivity contribution in [1.29, 1.82) is 0 Å². The van der Waals surface area contributed by atoms with Crippen molar-refractivity contribution in [3.05, 3.63) is 29.6 Å². The highest BCUT2D eigenvalue weighted by atomic mass is 19.1. The van der Waals surface area contributed by atoms with Crippen LogP contribution in [0.5, 0.6) is 5.75 Å². The number of aliphatic hydroxyl groups excluding tert-OH is 1. The molecule has 96 valence electrons. The number of halogens is 1. The van der Waals surface area contributed by atoms with Crippen LogP contribution in [0.1, 0.15) is 31.9 Å². The van der Waals surface area contributed by atoms with Gasteiger partial charge in [0.15, 0.2) is 0 Å². The summed E-state index contributed by atoms with van der Waals surface area (Å²) in [6.45, 7) is 4.19. The maximum atomic E-state index is 13.7. The van der Waals surface area contributed by atoms with Crippen LogP contribution in [0.4, 0.5) is 4.39 Å². The average Bonchev–Trinajstić information content (AvgIpc) is 2.34. The predicted octanol–water partition coefficient (Wildman–Crippen LogP) is 2.26. The summed E-state index contributed by atoms with van der Waals surface area (Å²) in [6.07, 6.45) is 0.268. The Morgan fingerprint density at radius 1 is 1.47 bits per heavy atom. The van der Waals surface area contributed by atoms with E-state index < -0.39 is 6.10 Å². The van der Waals surface area contributed by atoms with Gasteiger partial charge >= 0.3 is 0 Å². The van der Waals surface area contributed by atoms with Gasteiger partial charge in [0.05, 0.1) is 13.2 Å². The van der Waals surface area contributed by atoms with Crippen LogP contribution >= 0.6 is 0 Å². The zero-order valence-corrected chi connectivity index (χ0v) is 10.5. The Morgan fingerprint density at radius 3 is 2.76 bits per heavy atom. The van der Waals surface area contributed by atoms with Gasteiger partial charge in [0.1, 0.15) is 11.6 Å². The van der Waals surface area contributed by atoms with Crippen LogP contribution in [-0.2, 0) is 0 Å². The molecule has 0 heterocycles. The van der Waals surface area contributed by atoms with Crippen molar-refractivity contribution in [2.24, 2.45) is 0 Å². The minimum Gasteiger partial charge on any atom is -0.496 e. The number of benzene rings is 1. The molecule has 0 fully saturated rings. The summed E-state index contributed by atoms with van der Waals surface area (Å²) < 4.78 is 18.8. The van der Waals surface area contributed by atoms with Crippen LogP contribution in [0.25, 0.3) is 0 Å². The van der Waals surface area contributed by atoms with E-state index in [9.17, 15) is 9.50 Å². The number of hydrogen-bond acceptors (Lipinski definition) is 3. The highest BCUT2D eigenvalue weighted by Crippen LogP contribution is 2.27. The fourth-order valence-electron chi connectivity index (χ4n) is 1.67. The summed E-state index contributed by atoms with van der Waals surface area (Å²) in [5.41, 5.74) is 0.498. The number of methoxy groups -OCH3 is 1. The second-order valence-corrected chi connectivity index (χ2v) is 4.05. The van der Waals surface area contributed by atoms with Crippen LogP contribution in [0.3, 0.4) is 0 Å². The summed E-state index contributed by atoms with van der Waals surface area (Å²) in [4.78, 5) is 0. The molecule has 0 saturated carbocycles. The van der Waals surface area contributed by atoms with Gasteiger partial charge in [-0.2, -0.15) is 0 Å². The number of hydrogen-bond donors (Lipinski definition) is 2. The summed E-state index contributed by atoms with van der Waals surface area (Å²) in [5.74, 6) is 0.228. The van der Waals surface area contributed by atoms with Crippen molar-refractivity contribution < 1.29 is 14.2 Å². The molecule has 0 aliphatic rings. The molecule has 4 heteroatoms. The zero-order valence-electron chi connectivity index (χ0n) is 10.5. The number of rotatable bonds is 6. The molecule has 0 aliphatic carbocycles. The van der Waals surface area contributed by atoms with E-state index in [0.29, 0.717) is 24.3 Å². The molecule has 3 nitrogen and oxygen atoms in total. The molecule has 0 radical (unpaired) electrons. The molecule has 1 rings (SSSR count). The smallest absolute Gasteiger partial charge is 0.131 e. The second kappa shape index (κ2) is 6.57. The fourth-order valence-corrected chi connectivity index (χ4v) is 1.67. The van der Waals surface area contributed by atoms with E-state index in [2.05, 4.69) is 5.32 Å². The van der Waals surface area contributed by atoms with E-state index in [-0.39, 0.29) is 11.9 Å². The Bertz CT molecular complexity index is 357.